The Bertz CT molecular complexity index is 704. The van der Waals surface area contributed by atoms with Crippen LogP contribution in [-0.4, -0.2) is 19.3 Å². The molecule has 2 rings (SSSR count). The molecule has 1 atom stereocenters. The van der Waals surface area contributed by atoms with E-state index in [9.17, 15) is 0 Å². The van der Waals surface area contributed by atoms with Gasteiger partial charge in [-0.25, -0.2) is 0 Å². The predicted molar refractivity (Wildman–Crippen MR) is 105 cm³/mol. The molecular weight excluding hydrogens is 320 g/mol. The van der Waals surface area contributed by atoms with E-state index in [0.29, 0.717) is 16.8 Å². The summed E-state index contributed by atoms with van der Waals surface area (Å²) in [5.41, 5.74) is 3.03. The predicted octanol–water partition coefficient (Wildman–Crippen LogP) is 5.03. The summed E-state index contributed by atoms with van der Waals surface area (Å²) in [6.07, 6.45) is 1.07. The van der Waals surface area contributed by atoms with E-state index in [1.807, 2.05) is 36.4 Å². The van der Waals surface area contributed by atoms with Crippen molar-refractivity contribution in [1.29, 1.82) is 0 Å². The van der Waals surface area contributed by atoms with E-state index in [4.69, 9.17) is 21.7 Å². The monoisotopic (exact) mass is 344 g/mol. The first-order valence-electron chi connectivity index (χ1n) is 7.98. The third kappa shape index (κ3) is 4.38. The molecule has 2 aromatic carbocycles. The molecule has 0 saturated carbocycles. The first kappa shape index (κ1) is 18.1. The molecular formula is C19H24N2O2S. The van der Waals surface area contributed by atoms with Crippen molar-refractivity contribution in [2.24, 2.45) is 0 Å². The lowest BCUT2D eigenvalue weighted by Gasteiger charge is -2.18. The SMILES string of the molecule is CCC(C)c1ccccc1NC(=S)Nc1cc(OC)ccc1OC. The van der Waals surface area contributed by atoms with E-state index in [2.05, 4.69) is 30.5 Å². The normalized spacial score (nSPS) is 11.5. The van der Waals surface area contributed by atoms with Crippen molar-refractivity contribution in [2.75, 3.05) is 24.9 Å². The van der Waals surface area contributed by atoms with Crippen LogP contribution < -0.4 is 20.1 Å². The largest absolute Gasteiger partial charge is 0.497 e. The highest BCUT2D eigenvalue weighted by Crippen LogP contribution is 2.30. The van der Waals surface area contributed by atoms with Crippen LogP contribution in [0.2, 0.25) is 0 Å². The molecule has 24 heavy (non-hydrogen) atoms. The summed E-state index contributed by atoms with van der Waals surface area (Å²) in [6.45, 7) is 4.39. The summed E-state index contributed by atoms with van der Waals surface area (Å²) in [5, 5.41) is 6.98. The standard InChI is InChI=1S/C19H24N2O2S/c1-5-13(2)15-8-6-7-9-16(15)20-19(24)21-17-12-14(22-3)10-11-18(17)23-4/h6-13H,5H2,1-4H3,(H2,20,21,24). The van der Waals surface area contributed by atoms with Crippen LogP contribution in [0.4, 0.5) is 11.4 Å². The lowest BCUT2D eigenvalue weighted by Crippen LogP contribution is -2.20. The van der Waals surface area contributed by atoms with E-state index in [-0.39, 0.29) is 0 Å². The van der Waals surface area contributed by atoms with Gasteiger partial charge >= 0.3 is 0 Å². The lowest BCUT2D eigenvalue weighted by molar-refractivity contribution is 0.405. The third-order valence-corrected chi connectivity index (χ3v) is 4.21. The maximum Gasteiger partial charge on any atom is 0.175 e. The number of rotatable bonds is 6. The highest BCUT2D eigenvalue weighted by molar-refractivity contribution is 7.80. The van der Waals surface area contributed by atoms with Crippen molar-refractivity contribution < 1.29 is 9.47 Å². The zero-order valence-corrected chi connectivity index (χ0v) is 15.4. The minimum Gasteiger partial charge on any atom is -0.497 e. The summed E-state index contributed by atoms with van der Waals surface area (Å²) < 4.78 is 10.6. The second kappa shape index (κ2) is 8.55. The van der Waals surface area contributed by atoms with Gasteiger partial charge in [-0.15, -0.1) is 0 Å². The molecule has 1 unspecified atom stereocenters. The molecule has 0 bridgehead atoms. The Hall–Kier alpha value is -2.27. The number of hydrogen-bond donors (Lipinski definition) is 2. The van der Waals surface area contributed by atoms with Crippen LogP contribution in [0.1, 0.15) is 31.7 Å². The Kier molecular flexibility index (Phi) is 6.44. The fourth-order valence-corrected chi connectivity index (χ4v) is 2.67. The maximum absolute atomic E-state index is 5.47. The van der Waals surface area contributed by atoms with Crippen molar-refractivity contribution in [2.45, 2.75) is 26.2 Å². The van der Waals surface area contributed by atoms with Crippen molar-refractivity contribution >= 4 is 28.7 Å². The Labute approximate surface area is 149 Å². The first-order chi connectivity index (χ1) is 11.6. The third-order valence-electron chi connectivity index (χ3n) is 4.01. The molecule has 0 spiro atoms. The van der Waals surface area contributed by atoms with E-state index in [1.54, 1.807) is 14.2 Å². The van der Waals surface area contributed by atoms with Gasteiger partial charge in [0, 0.05) is 11.8 Å². The number of ether oxygens (including phenoxy) is 2. The van der Waals surface area contributed by atoms with Gasteiger partial charge < -0.3 is 20.1 Å². The van der Waals surface area contributed by atoms with Crippen molar-refractivity contribution in [3.63, 3.8) is 0 Å². The van der Waals surface area contributed by atoms with E-state index < -0.39 is 0 Å². The molecule has 0 aromatic heterocycles. The summed E-state index contributed by atoms with van der Waals surface area (Å²) >= 11 is 5.47. The van der Waals surface area contributed by atoms with Gasteiger partial charge in [0.2, 0.25) is 0 Å². The van der Waals surface area contributed by atoms with Crippen LogP contribution in [0, 0.1) is 0 Å². The highest BCUT2D eigenvalue weighted by atomic mass is 32.1. The van der Waals surface area contributed by atoms with Crippen LogP contribution in [0.25, 0.3) is 0 Å². The van der Waals surface area contributed by atoms with Gasteiger partial charge in [-0.3, -0.25) is 0 Å². The maximum atomic E-state index is 5.47. The number of methoxy groups -OCH3 is 2. The Balaban J connectivity index is 2.17. The van der Waals surface area contributed by atoms with Gasteiger partial charge in [0.15, 0.2) is 5.11 Å². The minimum atomic E-state index is 0.461. The number of para-hydroxylation sites is 1. The number of anilines is 2. The molecule has 0 aliphatic heterocycles. The molecule has 2 N–H and O–H groups in total. The quantitative estimate of drug-likeness (QED) is 0.720. The van der Waals surface area contributed by atoms with Crippen molar-refractivity contribution in [3.8, 4) is 11.5 Å². The van der Waals surface area contributed by atoms with E-state index >= 15 is 0 Å². The van der Waals surface area contributed by atoms with Gasteiger partial charge in [-0.05, 0) is 48.3 Å². The second-order valence-corrected chi connectivity index (χ2v) is 5.95. The summed E-state index contributed by atoms with van der Waals surface area (Å²) in [6, 6.07) is 13.8. The molecule has 4 nitrogen and oxygen atoms in total. The molecule has 0 radical (unpaired) electrons. The molecule has 0 aliphatic carbocycles. The Morgan fingerprint density at radius 2 is 1.75 bits per heavy atom. The lowest BCUT2D eigenvalue weighted by atomic mass is 9.97. The molecule has 2 aromatic rings. The van der Waals surface area contributed by atoms with Crippen LogP contribution in [-0.2, 0) is 0 Å². The van der Waals surface area contributed by atoms with Crippen LogP contribution in [0.3, 0.4) is 0 Å². The van der Waals surface area contributed by atoms with E-state index in [1.165, 1.54) is 5.56 Å². The Morgan fingerprint density at radius 3 is 2.42 bits per heavy atom. The van der Waals surface area contributed by atoms with Crippen LogP contribution >= 0.6 is 12.2 Å². The zero-order chi connectivity index (χ0) is 17.5. The van der Waals surface area contributed by atoms with Gasteiger partial charge in [0.1, 0.15) is 11.5 Å². The summed E-state index contributed by atoms with van der Waals surface area (Å²) in [5.74, 6) is 1.90. The fourth-order valence-electron chi connectivity index (χ4n) is 2.45. The summed E-state index contributed by atoms with van der Waals surface area (Å²) in [7, 11) is 3.26. The number of benzene rings is 2. The highest BCUT2D eigenvalue weighted by Gasteiger charge is 2.11. The van der Waals surface area contributed by atoms with Crippen molar-refractivity contribution in [1.82, 2.24) is 0 Å². The molecule has 128 valence electrons. The molecule has 0 fully saturated rings. The average molecular weight is 344 g/mol. The number of nitrogens with one attached hydrogen (secondary N) is 2. The molecule has 0 aliphatic rings. The second-order valence-electron chi connectivity index (χ2n) is 5.54. The van der Waals surface area contributed by atoms with Gasteiger partial charge in [0.05, 0.1) is 19.9 Å². The molecule has 5 heteroatoms. The smallest absolute Gasteiger partial charge is 0.175 e. The van der Waals surface area contributed by atoms with Gasteiger partial charge in [0.25, 0.3) is 0 Å². The molecule has 0 amide bonds. The van der Waals surface area contributed by atoms with Gasteiger partial charge in [-0.2, -0.15) is 0 Å². The van der Waals surface area contributed by atoms with E-state index in [0.717, 1.165) is 23.5 Å². The van der Waals surface area contributed by atoms with Crippen LogP contribution in [0.15, 0.2) is 42.5 Å². The average Bonchev–Trinajstić information content (AvgIpc) is 2.61. The fraction of sp³-hybridized carbons (Fsp3) is 0.316. The number of thiocarbonyl (C=S) groups is 1. The minimum absolute atomic E-state index is 0.461. The van der Waals surface area contributed by atoms with Crippen molar-refractivity contribution in [3.05, 3.63) is 48.0 Å². The first-order valence-corrected chi connectivity index (χ1v) is 8.38. The Morgan fingerprint density at radius 1 is 1.04 bits per heavy atom. The zero-order valence-electron chi connectivity index (χ0n) is 14.6. The molecule has 0 heterocycles. The molecule has 0 saturated heterocycles. The number of hydrogen-bond acceptors (Lipinski definition) is 3. The topological polar surface area (TPSA) is 42.5 Å². The van der Waals surface area contributed by atoms with Gasteiger partial charge in [-0.1, -0.05) is 32.0 Å². The van der Waals surface area contributed by atoms with Crippen LogP contribution in [0.5, 0.6) is 11.5 Å². The summed E-state index contributed by atoms with van der Waals surface area (Å²) in [4.78, 5) is 0.